The topological polar surface area (TPSA) is 4.93 Å². The molecule has 5 aromatic carbocycles. The Morgan fingerprint density at radius 2 is 1.50 bits per heavy atom. The fourth-order valence-corrected chi connectivity index (χ4v) is 10.7. The summed E-state index contributed by atoms with van der Waals surface area (Å²) in [4.78, 5) is 1.39. The van der Waals surface area contributed by atoms with Gasteiger partial charge < -0.3 is 4.57 Å². The summed E-state index contributed by atoms with van der Waals surface area (Å²) in [6, 6.07) is 43.6. The maximum absolute atomic E-state index is 2.60. The average molecular weight is 716 g/mol. The summed E-state index contributed by atoms with van der Waals surface area (Å²) in [5.41, 5.74) is 17.6. The Balaban J connectivity index is 1.08. The van der Waals surface area contributed by atoms with E-state index in [1.54, 1.807) is 0 Å². The van der Waals surface area contributed by atoms with Crippen molar-refractivity contribution in [3.05, 3.63) is 202 Å². The van der Waals surface area contributed by atoms with Gasteiger partial charge in [-0.05, 0) is 87.2 Å². The molecule has 1 aliphatic heterocycles. The molecule has 6 aromatic rings. The third-order valence-corrected chi connectivity index (χ3v) is 13.6. The molecular formula is C52H45NS. The third-order valence-electron chi connectivity index (χ3n) is 12.5. The van der Waals surface area contributed by atoms with Crippen LogP contribution in [-0.2, 0) is 11.8 Å². The van der Waals surface area contributed by atoms with E-state index >= 15 is 0 Å². The predicted molar refractivity (Wildman–Crippen MR) is 231 cm³/mol. The van der Waals surface area contributed by atoms with Crippen LogP contribution in [0, 0.1) is 0 Å². The second-order valence-electron chi connectivity index (χ2n) is 16.0. The van der Waals surface area contributed by atoms with E-state index in [1.165, 1.54) is 82.8 Å². The van der Waals surface area contributed by atoms with Crippen LogP contribution in [0.3, 0.4) is 0 Å². The Kier molecular flexibility index (Phi) is 8.14. The first-order valence-corrected chi connectivity index (χ1v) is 20.6. The molecule has 0 radical (unpaired) electrons. The normalized spacial score (nSPS) is 21.5. The van der Waals surface area contributed by atoms with Crippen LogP contribution in [0.2, 0.25) is 0 Å². The van der Waals surface area contributed by atoms with Crippen molar-refractivity contribution in [2.45, 2.75) is 61.7 Å². The van der Waals surface area contributed by atoms with E-state index in [2.05, 4.69) is 189 Å². The second-order valence-corrected chi connectivity index (χ2v) is 17.0. The maximum atomic E-state index is 2.60. The number of thioether (sulfide) groups is 1. The van der Waals surface area contributed by atoms with Crippen molar-refractivity contribution >= 4 is 34.3 Å². The zero-order valence-electron chi connectivity index (χ0n) is 31.3. The number of benzene rings is 5. The van der Waals surface area contributed by atoms with Gasteiger partial charge in [-0.15, -0.1) is 11.8 Å². The fourth-order valence-electron chi connectivity index (χ4n) is 9.46. The molecule has 4 aliphatic rings. The molecule has 0 bridgehead atoms. The largest absolute Gasteiger partial charge is 0.313 e. The van der Waals surface area contributed by atoms with Crippen molar-refractivity contribution in [3.8, 4) is 16.8 Å². The van der Waals surface area contributed by atoms with Gasteiger partial charge in [0, 0.05) is 56.1 Å². The first-order valence-electron chi connectivity index (χ1n) is 19.6. The molecular weight excluding hydrogens is 671 g/mol. The molecule has 264 valence electrons. The van der Waals surface area contributed by atoms with Gasteiger partial charge in [-0.1, -0.05) is 160 Å². The van der Waals surface area contributed by atoms with Crippen LogP contribution in [0.1, 0.15) is 84.0 Å². The molecule has 0 amide bonds. The molecule has 3 unspecified atom stereocenters. The maximum Gasteiger partial charge on any atom is 0.0543 e. The van der Waals surface area contributed by atoms with Gasteiger partial charge in [0.05, 0.1) is 5.52 Å². The van der Waals surface area contributed by atoms with Crippen molar-refractivity contribution in [3.63, 3.8) is 0 Å². The molecule has 10 rings (SSSR count). The van der Waals surface area contributed by atoms with Crippen LogP contribution in [0.15, 0.2) is 168 Å². The lowest BCUT2D eigenvalue weighted by Gasteiger charge is -2.25. The summed E-state index contributed by atoms with van der Waals surface area (Å²) in [5, 5.41) is 1.32. The van der Waals surface area contributed by atoms with Gasteiger partial charge in [0.25, 0.3) is 0 Å². The number of hydrogen-bond acceptors (Lipinski definition) is 1. The van der Waals surface area contributed by atoms with Crippen LogP contribution in [0.5, 0.6) is 0 Å². The van der Waals surface area contributed by atoms with Gasteiger partial charge in [-0.3, -0.25) is 0 Å². The summed E-state index contributed by atoms with van der Waals surface area (Å²) in [6.07, 6.45) is 20.7. The molecule has 2 heterocycles. The summed E-state index contributed by atoms with van der Waals surface area (Å²) in [7, 11) is 0. The van der Waals surface area contributed by atoms with E-state index in [-0.39, 0.29) is 5.41 Å². The number of allylic oxidation sites excluding steroid dienone is 8. The van der Waals surface area contributed by atoms with Gasteiger partial charge in [-0.25, -0.2) is 0 Å². The molecule has 0 saturated heterocycles. The first kappa shape index (κ1) is 33.3. The molecule has 0 spiro atoms. The quantitative estimate of drug-likeness (QED) is 0.176. The Morgan fingerprint density at radius 3 is 2.31 bits per heavy atom. The molecule has 0 N–H and O–H groups in total. The zero-order chi connectivity index (χ0) is 36.4. The van der Waals surface area contributed by atoms with E-state index in [9.17, 15) is 0 Å². The van der Waals surface area contributed by atoms with Gasteiger partial charge >= 0.3 is 0 Å². The van der Waals surface area contributed by atoms with Gasteiger partial charge in [-0.2, -0.15) is 0 Å². The van der Waals surface area contributed by atoms with Crippen molar-refractivity contribution in [2.75, 3.05) is 5.75 Å². The highest BCUT2D eigenvalue weighted by molar-refractivity contribution is 7.99. The van der Waals surface area contributed by atoms with E-state index in [0.29, 0.717) is 17.8 Å². The van der Waals surface area contributed by atoms with Gasteiger partial charge in [0.15, 0.2) is 0 Å². The highest BCUT2D eigenvalue weighted by Crippen LogP contribution is 2.51. The summed E-state index contributed by atoms with van der Waals surface area (Å²) in [6.45, 7) is 7.20. The molecule has 54 heavy (non-hydrogen) atoms. The van der Waals surface area contributed by atoms with Gasteiger partial charge in [0.2, 0.25) is 0 Å². The summed E-state index contributed by atoms with van der Waals surface area (Å²) in [5.74, 6) is 2.12. The highest BCUT2D eigenvalue weighted by Gasteiger charge is 2.37. The fraction of sp³-hybridized carbons (Fsp3) is 0.192. The van der Waals surface area contributed by atoms with Crippen LogP contribution in [-0.4, -0.2) is 10.3 Å². The summed E-state index contributed by atoms with van der Waals surface area (Å²) >= 11 is 1.99. The van der Waals surface area contributed by atoms with E-state index < -0.39 is 0 Å². The number of rotatable bonds is 4. The Labute approximate surface area is 324 Å². The van der Waals surface area contributed by atoms with E-state index in [1.807, 2.05) is 11.8 Å². The first-order chi connectivity index (χ1) is 26.4. The van der Waals surface area contributed by atoms with Crippen LogP contribution in [0.4, 0.5) is 0 Å². The SMILES string of the molecule is CC1/C=C\C2=C(CSc3ccccc31)c1ccc(-n3c4c(c5ccc(-c6ccccc6)cc53)C=CC(c3ccc(C5C=CC=CC5)cc3)C4)cc1C2(C)C. The van der Waals surface area contributed by atoms with Crippen molar-refractivity contribution < 1.29 is 0 Å². The summed E-state index contributed by atoms with van der Waals surface area (Å²) < 4.78 is 2.60. The highest BCUT2D eigenvalue weighted by atomic mass is 32.2. The smallest absolute Gasteiger partial charge is 0.0543 e. The van der Waals surface area contributed by atoms with Crippen LogP contribution >= 0.6 is 11.8 Å². The Bertz CT molecular complexity index is 2590. The molecule has 2 heteroatoms. The second kappa shape index (κ2) is 13.2. The standard InChI is InChI=1S/C52H45NS/c1-34-18-29-47-46(33-54-51-17-11-10-16-42(34)51)43-28-25-41(32-48(43)52(47,2)3)53-49-30-39(36-14-8-5-9-15-36)23-26-44(49)45-27-24-40(31-50(45)53)38-21-19-37(20-22-38)35-12-6-4-7-13-35/h4-12,14-30,32,34-35,40H,13,31,33H2,1-3H3/b29-18-. The number of fused-ring (bicyclic) bond motifs is 6. The Hall–Kier alpha value is -5.31. The minimum absolute atomic E-state index is 0.111. The lowest BCUT2D eigenvalue weighted by Crippen LogP contribution is -2.17. The lowest BCUT2D eigenvalue weighted by molar-refractivity contribution is 0.652. The molecule has 0 fully saturated rings. The van der Waals surface area contributed by atoms with Gasteiger partial charge in [0.1, 0.15) is 0 Å². The van der Waals surface area contributed by atoms with Crippen LogP contribution < -0.4 is 0 Å². The van der Waals surface area contributed by atoms with Crippen molar-refractivity contribution in [1.29, 1.82) is 0 Å². The van der Waals surface area contributed by atoms with Crippen molar-refractivity contribution in [1.82, 2.24) is 4.57 Å². The third kappa shape index (κ3) is 5.54. The molecule has 0 saturated carbocycles. The number of nitrogens with zero attached hydrogens (tertiary/aromatic N) is 1. The number of hydrogen-bond donors (Lipinski definition) is 0. The van der Waals surface area contributed by atoms with E-state index in [0.717, 1.165) is 18.6 Å². The molecule has 3 atom stereocenters. The number of aromatic nitrogens is 1. The van der Waals surface area contributed by atoms with E-state index in [4.69, 9.17) is 0 Å². The minimum atomic E-state index is -0.111. The molecule has 1 aromatic heterocycles. The monoisotopic (exact) mass is 715 g/mol. The molecule has 1 nitrogen and oxygen atoms in total. The Morgan fingerprint density at radius 1 is 0.704 bits per heavy atom. The van der Waals surface area contributed by atoms with Crippen molar-refractivity contribution in [2.24, 2.45) is 0 Å². The lowest BCUT2D eigenvalue weighted by atomic mass is 9.80. The average Bonchev–Trinajstić information content (AvgIpc) is 3.68. The predicted octanol–water partition coefficient (Wildman–Crippen LogP) is 13.8. The molecule has 3 aliphatic carbocycles. The minimum Gasteiger partial charge on any atom is -0.313 e. The van der Waals surface area contributed by atoms with Crippen LogP contribution in [0.25, 0.3) is 39.4 Å². The zero-order valence-corrected chi connectivity index (χ0v) is 32.1.